The van der Waals surface area contributed by atoms with Gasteiger partial charge in [-0.1, -0.05) is 35.9 Å². The van der Waals surface area contributed by atoms with Crippen molar-refractivity contribution >= 4 is 29.2 Å². The van der Waals surface area contributed by atoms with Gasteiger partial charge in [0, 0.05) is 0 Å². The number of halogens is 1. The SMILES string of the molecule is CCOC(=O)c1ccccc1NC(=O)CCOc1ccccc1Cl. The number of carbonyl (C=O) groups is 2. The zero-order valence-corrected chi connectivity index (χ0v) is 14.0. The van der Waals surface area contributed by atoms with Gasteiger partial charge in [-0.15, -0.1) is 0 Å². The summed E-state index contributed by atoms with van der Waals surface area (Å²) in [7, 11) is 0. The highest BCUT2D eigenvalue weighted by Gasteiger charge is 2.14. The first-order valence-electron chi connectivity index (χ1n) is 7.55. The maximum absolute atomic E-state index is 12.0. The van der Waals surface area contributed by atoms with E-state index in [2.05, 4.69) is 5.32 Å². The summed E-state index contributed by atoms with van der Waals surface area (Å²) in [4.78, 5) is 23.9. The second kappa shape index (κ2) is 8.93. The number of amides is 1. The lowest BCUT2D eigenvalue weighted by Gasteiger charge is -2.11. The van der Waals surface area contributed by atoms with E-state index in [1.54, 1.807) is 55.5 Å². The second-order valence-electron chi connectivity index (χ2n) is 4.84. The molecular formula is C18H18ClNO4. The van der Waals surface area contributed by atoms with Gasteiger partial charge >= 0.3 is 5.97 Å². The average molecular weight is 348 g/mol. The minimum absolute atomic E-state index is 0.127. The number of hydrogen-bond donors (Lipinski definition) is 1. The van der Waals surface area contributed by atoms with E-state index in [0.29, 0.717) is 22.0 Å². The number of para-hydroxylation sites is 2. The van der Waals surface area contributed by atoms with Crippen molar-refractivity contribution in [3.8, 4) is 5.75 Å². The van der Waals surface area contributed by atoms with E-state index < -0.39 is 5.97 Å². The van der Waals surface area contributed by atoms with E-state index in [9.17, 15) is 9.59 Å². The molecule has 0 radical (unpaired) electrons. The third-order valence-electron chi connectivity index (χ3n) is 3.12. The minimum atomic E-state index is -0.472. The fourth-order valence-corrected chi connectivity index (χ4v) is 2.20. The molecule has 0 aromatic heterocycles. The van der Waals surface area contributed by atoms with Crippen LogP contribution in [0.3, 0.4) is 0 Å². The van der Waals surface area contributed by atoms with Crippen LogP contribution in [0.4, 0.5) is 5.69 Å². The van der Waals surface area contributed by atoms with E-state index >= 15 is 0 Å². The van der Waals surface area contributed by atoms with Gasteiger partial charge in [-0.05, 0) is 31.2 Å². The summed E-state index contributed by atoms with van der Waals surface area (Å²) in [6.45, 7) is 2.18. The Hall–Kier alpha value is -2.53. The van der Waals surface area contributed by atoms with Crippen molar-refractivity contribution in [3.05, 3.63) is 59.1 Å². The molecule has 1 amide bonds. The van der Waals surface area contributed by atoms with Gasteiger partial charge in [0.25, 0.3) is 0 Å². The zero-order chi connectivity index (χ0) is 17.4. The number of ether oxygens (including phenoxy) is 2. The molecular weight excluding hydrogens is 330 g/mol. The number of hydrogen-bond acceptors (Lipinski definition) is 4. The smallest absolute Gasteiger partial charge is 0.340 e. The molecule has 0 unspecified atom stereocenters. The molecule has 0 spiro atoms. The molecule has 0 bridgehead atoms. The molecule has 2 rings (SSSR count). The summed E-state index contributed by atoms with van der Waals surface area (Å²) < 4.78 is 10.4. The van der Waals surface area contributed by atoms with Gasteiger partial charge in [0.1, 0.15) is 5.75 Å². The molecule has 0 saturated carbocycles. The normalized spacial score (nSPS) is 10.1. The Morgan fingerprint density at radius 2 is 1.79 bits per heavy atom. The molecule has 5 nitrogen and oxygen atoms in total. The van der Waals surface area contributed by atoms with Crippen LogP contribution in [0.5, 0.6) is 5.75 Å². The van der Waals surface area contributed by atoms with Crippen molar-refractivity contribution in [2.75, 3.05) is 18.5 Å². The molecule has 2 aromatic carbocycles. The molecule has 0 saturated heterocycles. The Bertz CT molecular complexity index is 718. The Labute approximate surface area is 145 Å². The fourth-order valence-electron chi connectivity index (χ4n) is 2.01. The van der Waals surface area contributed by atoms with E-state index in [1.807, 2.05) is 0 Å². The fraction of sp³-hybridized carbons (Fsp3) is 0.222. The zero-order valence-electron chi connectivity index (χ0n) is 13.3. The van der Waals surface area contributed by atoms with Gasteiger partial charge in [0.2, 0.25) is 5.91 Å². The van der Waals surface area contributed by atoms with E-state index in [1.165, 1.54) is 0 Å². The molecule has 1 N–H and O–H groups in total. The first-order valence-corrected chi connectivity index (χ1v) is 7.93. The molecule has 126 valence electrons. The second-order valence-corrected chi connectivity index (χ2v) is 5.25. The Morgan fingerprint density at radius 1 is 1.08 bits per heavy atom. The molecule has 6 heteroatoms. The Morgan fingerprint density at radius 3 is 2.54 bits per heavy atom. The lowest BCUT2D eigenvalue weighted by Crippen LogP contribution is -2.18. The number of carbonyl (C=O) groups excluding carboxylic acids is 2. The average Bonchev–Trinajstić information content (AvgIpc) is 2.57. The summed E-state index contributed by atoms with van der Waals surface area (Å²) in [6, 6.07) is 13.8. The van der Waals surface area contributed by atoms with Crippen LogP contribution >= 0.6 is 11.6 Å². The Balaban J connectivity index is 1.91. The highest BCUT2D eigenvalue weighted by Crippen LogP contribution is 2.23. The first-order chi connectivity index (χ1) is 11.6. The standard InChI is InChI=1S/C18H18ClNO4/c1-2-23-18(22)13-7-3-5-9-15(13)20-17(21)11-12-24-16-10-6-4-8-14(16)19/h3-10H,2,11-12H2,1H3,(H,20,21). The summed E-state index contributed by atoms with van der Waals surface area (Å²) in [5.41, 5.74) is 0.735. The van der Waals surface area contributed by atoms with Gasteiger partial charge in [0.05, 0.1) is 35.9 Å². The largest absolute Gasteiger partial charge is 0.491 e. The number of benzene rings is 2. The van der Waals surface area contributed by atoms with Crippen LogP contribution in [0, 0.1) is 0 Å². The summed E-state index contributed by atoms with van der Waals surface area (Å²) in [5.74, 6) is -0.210. The molecule has 0 aliphatic carbocycles. The maximum atomic E-state index is 12.0. The van der Waals surface area contributed by atoms with Crippen LogP contribution in [0.25, 0.3) is 0 Å². The third-order valence-corrected chi connectivity index (χ3v) is 3.43. The monoisotopic (exact) mass is 347 g/mol. The van der Waals surface area contributed by atoms with Crippen molar-refractivity contribution in [1.29, 1.82) is 0 Å². The van der Waals surface area contributed by atoms with E-state index in [4.69, 9.17) is 21.1 Å². The summed E-state index contributed by atoms with van der Waals surface area (Å²) >= 11 is 5.98. The lowest BCUT2D eigenvalue weighted by molar-refractivity contribution is -0.116. The molecule has 0 aliphatic heterocycles. The highest BCUT2D eigenvalue weighted by molar-refractivity contribution is 6.32. The molecule has 0 fully saturated rings. The van der Waals surface area contributed by atoms with Gasteiger partial charge in [-0.3, -0.25) is 4.79 Å². The number of anilines is 1. The molecule has 0 aliphatic rings. The lowest BCUT2D eigenvalue weighted by atomic mass is 10.1. The first kappa shape index (κ1) is 17.8. The number of rotatable bonds is 7. The van der Waals surface area contributed by atoms with Crippen molar-refractivity contribution in [2.45, 2.75) is 13.3 Å². The van der Waals surface area contributed by atoms with Crippen molar-refractivity contribution in [3.63, 3.8) is 0 Å². The molecule has 24 heavy (non-hydrogen) atoms. The number of nitrogens with one attached hydrogen (secondary N) is 1. The van der Waals surface area contributed by atoms with E-state index in [0.717, 1.165) is 0 Å². The number of esters is 1. The maximum Gasteiger partial charge on any atom is 0.340 e. The van der Waals surface area contributed by atoms with E-state index in [-0.39, 0.29) is 25.5 Å². The van der Waals surface area contributed by atoms with Crippen LogP contribution in [0.2, 0.25) is 5.02 Å². The molecule has 0 atom stereocenters. The quantitative estimate of drug-likeness (QED) is 0.771. The van der Waals surface area contributed by atoms with Crippen LogP contribution in [-0.4, -0.2) is 25.1 Å². The molecule has 2 aromatic rings. The van der Waals surface area contributed by atoms with Crippen molar-refractivity contribution < 1.29 is 19.1 Å². The topological polar surface area (TPSA) is 64.6 Å². The Kier molecular flexibility index (Phi) is 6.63. The predicted octanol–water partition coefficient (Wildman–Crippen LogP) is 3.92. The van der Waals surface area contributed by atoms with Crippen molar-refractivity contribution in [1.82, 2.24) is 0 Å². The van der Waals surface area contributed by atoms with Crippen LogP contribution < -0.4 is 10.1 Å². The summed E-state index contributed by atoms with van der Waals surface area (Å²) in [5, 5.41) is 3.19. The summed E-state index contributed by atoms with van der Waals surface area (Å²) in [6.07, 6.45) is 0.127. The predicted molar refractivity (Wildman–Crippen MR) is 92.6 cm³/mol. The highest BCUT2D eigenvalue weighted by atomic mass is 35.5. The van der Waals surface area contributed by atoms with Crippen LogP contribution in [0.15, 0.2) is 48.5 Å². The van der Waals surface area contributed by atoms with Crippen LogP contribution in [0.1, 0.15) is 23.7 Å². The van der Waals surface area contributed by atoms with Gasteiger partial charge in [0.15, 0.2) is 0 Å². The van der Waals surface area contributed by atoms with Crippen molar-refractivity contribution in [2.24, 2.45) is 0 Å². The van der Waals surface area contributed by atoms with Crippen LogP contribution in [-0.2, 0) is 9.53 Å². The third kappa shape index (κ3) is 4.99. The van der Waals surface area contributed by atoms with Gasteiger partial charge in [-0.25, -0.2) is 4.79 Å². The van der Waals surface area contributed by atoms with Gasteiger partial charge < -0.3 is 14.8 Å². The minimum Gasteiger partial charge on any atom is -0.491 e. The molecule has 0 heterocycles. The van der Waals surface area contributed by atoms with Gasteiger partial charge in [-0.2, -0.15) is 0 Å².